The Bertz CT molecular complexity index is 380. The Morgan fingerprint density at radius 2 is 2.27 bits per heavy atom. The highest BCUT2D eigenvalue weighted by Crippen LogP contribution is 2.11. The maximum atomic E-state index is 4.51. The van der Waals surface area contributed by atoms with Gasteiger partial charge in [0.2, 0.25) is 0 Å². The van der Waals surface area contributed by atoms with Crippen molar-refractivity contribution in [2.75, 3.05) is 13.1 Å². The van der Waals surface area contributed by atoms with E-state index in [1.165, 1.54) is 11.1 Å². The maximum Gasteiger partial charge on any atom is 0.128 e. The van der Waals surface area contributed by atoms with Crippen molar-refractivity contribution in [3.63, 3.8) is 0 Å². The fourth-order valence-electron chi connectivity index (χ4n) is 1.80. The Kier molecular flexibility index (Phi) is 3.18. The summed E-state index contributed by atoms with van der Waals surface area (Å²) in [6.07, 6.45) is 3.96. The van der Waals surface area contributed by atoms with Crippen molar-refractivity contribution in [1.82, 2.24) is 5.32 Å². The van der Waals surface area contributed by atoms with Crippen molar-refractivity contribution >= 4 is 5.84 Å². The summed E-state index contributed by atoms with van der Waals surface area (Å²) in [7, 11) is 0. The van der Waals surface area contributed by atoms with Gasteiger partial charge in [0, 0.05) is 18.7 Å². The summed E-state index contributed by atoms with van der Waals surface area (Å²) in [6, 6.07) is 8.37. The number of rotatable bonds is 3. The molecule has 0 saturated heterocycles. The second-order valence-electron chi connectivity index (χ2n) is 3.66. The molecule has 0 bridgehead atoms. The van der Waals surface area contributed by atoms with Gasteiger partial charge in [-0.1, -0.05) is 30.3 Å². The standard InChI is InChI=1S/C13H16N2/c1-2-6-11-7-3-4-8-12(11)13-14-9-5-10-15-13/h2-4,7-8H,1,5-6,9-10H2,(H,14,15). The summed E-state index contributed by atoms with van der Waals surface area (Å²) in [5, 5.41) is 3.35. The first-order chi connectivity index (χ1) is 7.42. The molecule has 0 unspecified atom stereocenters. The third-order valence-electron chi connectivity index (χ3n) is 2.53. The first-order valence-electron chi connectivity index (χ1n) is 5.39. The van der Waals surface area contributed by atoms with Crippen LogP contribution in [-0.2, 0) is 6.42 Å². The van der Waals surface area contributed by atoms with Crippen LogP contribution in [0.3, 0.4) is 0 Å². The van der Waals surface area contributed by atoms with Crippen LogP contribution in [0.1, 0.15) is 17.5 Å². The fraction of sp³-hybridized carbons (Fsp3) is 0.308. The van der Waals surface area contributed by atoms with Gasteiger partial charge in [-0.2, -0.15) is 0 Å². The van der Waals surface area contributed by atoms with Crippen LogP contribution in [-0.4, -0.2) is 18.9 Å². The number of aliphatic imine (C=N–C) groups is 1. The van der Waals surface area contributed by atoms with E-state index < -0.39 is 0 Å². The van der Waals surface area contributed by atoms with Crippen molar-refractivity contribution < 1.29 is 0 Å². The number of hydrogen-bond acceptors (Lipinski definition) is 2. The van der Waals surface area contributed by atoms with E-state index >= 15 is 0 Å². The van der Waals surface area contributed by atoms with Gasteiger partial charge in [0.05, 0.1) is 0 Å². The summed E-state index contributed by atoms with van der Waals surface area (Å²) in [6.45, 7) is 5.75. The van der Waals surface area contributed by atoms with Crippen molar-refractivity contribution in [3.8, 4) is 0 Å². The zero-order valence-corrected chi connectivity index (χ0v) is 8.87. The number of amidine groups is 1. The maximum absolute atomic E-state index is 4.51. The number of allylic oxidation sites excluding steroid dienone is 1. The predicted octanol–water partition coefficient (Wildman–Crippen LogP) is 2.15. The average Bonchev–Trinajstić information content (AvgIpc) is 2.31. The molecule has 0 aromatic heterocycles. The van der Waals surface area contributed by atoms with Crippen molar-refractivity contribution in [1.29, 1.82) is 0 Å². The molecule has 0 saturated carbocycles. The van der Waals surface area contributed by atoms with Crippen LogP contribution in [0.2, 0.25) is 0 Å². The first-order valence-corrected chi connectivity index (χ1v) is 5.39. The molecule has 1 N–H and O–H groups in total. The molecule has 0 atom stereocenters. The van der Waals surface area contributed by atoms with Crippen molar-refractivity contribution in [2.24, 2.45) is 4.99 Å². The second-order valence-corrected chi connectivity index (χ2v) is 3.66. The summed E-state index contributed by atoms with van der Waals surface area (Å²) in [5.74, 6) is 1.04. The molecule has 1 heterocycles. The highest BCUT2D eigenvalue weighted by atomic mass is 15.0. The molecule has 2 heteroatoms. The molecule has 2 nitrogen and oxygen atoms in total. The van der Waals surface area contributed by atoms with Gasteiger partial charge in [0.1, 0.15) is 5.84 Å². The van der Waals surface area contributed by atoms with E-state index in [1.807, 2.05) is 6.08 Å². The first kappa shape index (κ1) is 9.97. The van der Waals surface area contributed by atoms with E-state index in [0.29, 0.717) is 0 Å². The van der Waals surface area contributed by atoms with Crippen LogP contribution in [0.25, 0.3) is 0 Å². The number of nitrogens with zero attached hydrogens (tertiary/aromatic N) is 1. The Labute approximate surface area is 90.7 Å². The highest BCUT2D eigenvalue weighted by molar-refractivity contribution is 6.00. The lowest BCUT2D eigenvalue weighted by Gasteiger charge is -2.16. The smallest absolute Gasteiger partial charge is 0.128 e. The topological polar surface area (TPSA) is 24.4 Å². The average molecular weight is 200 g/mol. The van der Waals surface area contributed by atoms with Crippen LogP contribution in [0.5, 0.6) is 0 Å². The largest absolute Gasteiger partial charge is 0.370 e. The zero-order valence-electron chi connectivity index (χ0n) is 8.87. The molecular formula is C13H16N2. The molecule has 0 aliphatic carbocycles. The second kappa shape index (κ2) is 4.78. The Balaban J connectivity index is 2.33. The van der Waals surface area contributed by atoms with E-state index in [-0.39, 0.29) is 0 Å². The Morgan fingerprint density at radius 3 is 3.00 bits per heavy atom. The Hall–Kier alpha value is -1.57. The SMILES string of the molecule is C=CCc1ccccc1C1=NCCCN1. The number of hydrogen-bond donors (Lipinski definition) is 1. The normalized spacial score (nSPS) is 15.3. The van der Waals surface area contributed by atoms with Crippen molar-refractivity contribution in [2.45, 2.75) is 12.8 Å². The highest BCUT2D eigenvalue weighted by Gasteiger charge is 2.09. The molecule has 1 aliphatic heterocycles. The minimum Gasteiger partial charge on any atom is -0.370 e. The summed E-state index contributed by atoms with van der Waals surface area (Å²) in [5.41, 5.74) is 2.51. The number of benzene rings is 1. The van der Waals surface area contributed by atoms with Gasteiger partial charge in [-0.25, -0.2) is 0 Å². The molecule has 1 aromatic rings. The third-order valence-corrected chi connectivity index (χ3v) is 2.53. The van der Waals surface area contributed by atoms with Crippen LogP contribution in [0, 0.1) is 0 Å². The summed E-state index contributed by atoms with van der Waals surface area (Å²) < 4.78 is 0. The molecular weight excluding hydrogens is 184 g/mol. The van der Waals surface area contributed by atoms with Gasteiger partial charge in [-0.15, -0.1) is 6.58 Å². The molecule has 1 aromatic carbocycles. The van der Waals surface area contributed by atoms with Crippen LogP contribution in [0.4, 0.5) is 0 Å². The lowest BCUT2D eigenvalue weighted by atomic mass is 10.0. The Morgan fingerprint density at radius 1 is 1.40 bits per heavy atom. The quantitative estimate of drug-likeness (QED) is 0.743. The minimum absolute atomic E-state index is 0.900. The van der Waals surface area contributed by atoms with Crippen molar-refractivity contribution in [3.05, 3.63) is 48.0 Å². The van der Waals surface area contributed by atoms with Gasteiger partial charge in [-0.05, 0) is 18.4 Å². The van der Waals surface area contributed by atoms with Gasteiger partial charge in [0.25, 0.3) is 0 Å². The minimum atomic E-state index is 0.900. The lowest BCUT2D eigenvalue weighted by molar-refractivity contribution is 0.742. The summed E-state index contributed by atoms with van der Waals surface area (Å²) in [4.78, 5) is 4.51. The van der Waals surface area contributed by atoms with E-state index in [2.05, 4.69) is 41.2 Å². The van der Waals surface area contributed by atoms with E-state index in [9.17, 15) is 0 Å². The zero-order chi connectivity index (χ0) is 10.5. The van der Waals surface area contributed by atoms with E-state index in [1.54, 1.807) is 0 Å². The molecule has 0 fully saturated rings. The van der Waals surface area contributed by atoms with E-state index in [4.69, 9.17) is 0 Å². The monoisotopic (exact) mass is 200 g/mol. The number of nitrogens with one attached hydrogen (secondary N) is 1. The van der Waals surface area contributed by atoms with Gasteiger partial charge in [0.15, 0.2) is 0 Å². The van der Waals surface area contributed by atoms with Crippen LogP contribution >= 0.6 is 0 Å². The van der Waals surface area contributed by atoms with Crippen LogP contribution < -0.4 is 5.32 Å². The fourth-order valence-corrected chi connectivity index (χ4v) is 1.80. The molecule has 78 valence electrons. The van der Waals surface area contributed by atoms with Gasteiger partial charge < -0.3 is 5.32 Å². The van der Waals surface area contributed by atoms with Crippen LogP contribution in [0.15, 0.2) is 41.9 Å². The third kappa shape index (κ3) is 2.27. The van der Waals surface area contributed by atoms with Gasteiger partial charge >= 0.3 is 0 Å². The van der Waals surface area contributed by atoms with E-state index in [0.717, 1.165) is 31.8 Å². The molecule has 0 amide bonds. The molecule has 0 radical (unpaired) electrons. The molecule has 1 aliphatic rings. The van der Waals surface area contributed by atoms with Gasteiger partial charge in [-0.3, -0.25) is 4.99 Å². The molecule has 15 heavy (non-hydrogen) atoms. The predicted molar refractivity (Wildman–Crippen MR) is 64.4 cm³/mol. The lowest BCUT2D eigenvalue weighted by Crippen LogP contribution is -2.30. The molecule has 0 spiro atoms. The summed E-state index contributed by atoms with van der Waals surface area (Å²) >= 11 is 0. The molecule has 2 rings (SSSR count).